The maximum absolute atomic E-state index is 14.3. The lowest BCUT2D eigenvalue weighted by molar-refractivity contribution is 0.0997. The fourth-order valence-electron chi connectivity index (χ4n) is 1.20. The molecule has 1 aromatic carbocycles. The lowest BCUT2D eigenvalue weighted by Gasteiger charge is -2.28. The van der Waals surface area contributed by atoms with Gasteiger partial charge in [-0.05, 0) is 36.3 Å². The Kier molecular flexibility index (Phi) is 1.32. The molecule has 2 rings (SSSR count). The fourth-order valence-corrected chi connectivity index (χ4v) is 1.20. The van der Waals surface area contributed by atoms with Crippen LogP contribution in [0.3, 0.4) is 0 Å². The molecular weight excluding hydrogens is 198 g/mol. The summed E-state index contributed by atoms with van der Waals surface area (Å²) in [6, 6.07) is 4.53. The summed E-state index contributed by atoms with van der Waals surface area (Å²) in [4.78, 5) is 0. The number of alkyl halides is 2. The minimum absolute atomic E-state index is 0.220. The van der Waals surface area contributed by atoms with Crippen molar-refractivity contribution in [2.24, 2.45) is 0 Å². The van der Waals surface area contributed by atoms with Crippen LogP contribution in [0.15, 0.2) is 24.3 Å². The molecule has 2 nitrogen and oxygen atoms in total. The molecule has 1 heterocycles. The van der Waals surface area contributed by atoms with E-state index in [2.05, 4.69) is 0 Å². The van der Waals surface area contributed by atoms with Crippen molar-refractivity contribution in [1.29, 1.82) is 0 Å². The van der Waals surface area contributed by atoms with E-state index in [-0.39, 0.29) is 5.69 Å². The van der Waals surface area contributed by atoms with E-state index in [1.807, 2.05) is 0 Å². The van der Waals surface area contributed by atoms with E-state index in [9.17, 15) is 8.78 Å². The summed E-state index contributed by atoms with van der Waals surface area (Å²) in [5, 5.41) is 1.05. The topological polar surface area (TPSA) is 38.0 Å². The van der Waals surface area contributed by atoms with Crippen LogP contribution in [-0.2, 0) is 0 Å². The molecule has 0 spiro atoms. The van der Waals surface area contributed by atoms with E-state index in [1.165, 1.54) is 12.1 Å². The first-order valence-electron chi connectivity index (χ1n) is 7.74. The van der Waals surface area contributed by atoms with Gasteiger partial charge in [-0.3, -0.25) is 5.32 Å². The van der Waals surface area contributed by atoms with E-state index in [0.717, 1.165) is 17.4 Å². The molecule has 0 radical (unpaired) electrons. The van der Waals surface area contributed by atoms with Crippen molar-refractivity contribution in [3.05, 3.63) is 29.8 Å². The fraction of sp³-hybridized carbons (Fsp3) is 0.455. The molecule has 4 heteroatoms. The van der Waals surface area contributed by atoms with Gasteiger partial charge in [-0.25, -0.2) is 8.78 Å². The highest BCUT2D eigenvalue weighted by Gasteiger charge is 2.28. The average Bonchev–Trinajstić information content (AvgIpc) is 2.35. The van der Waals surface area contributed by atoms with Gasteiger partial charge in [-0.2, -0.15) is 0 Å². The van der Waals surface area contributed by atoms with Crippen LogP contribution in [-0.4, -0.2) is 12.5 Å². The molecule has 0 aliphatic carbocycles. The van der Waals surface area contributed by atoms with Crippen LogP contribution in [0.1, 0.15) is 33.8 Å². The Morgan fingerprint density at radius 3 is 2.33 bits per heavy atom. The summed E-state index contributed by atoms with van der Waals surface area (Å²) in [7, 11) is 0. The first-order chi connectivity index (χ1) is 9.71. The number of hydrogen-bond donors (Lipinski definition) is 2. The van der Waals surface area contributed by atoms with Gasteiger partial charge >= 0.3 is 0 Å². The van der Waals surface area contributed by atoms with E-state index < -0.39 is 36.7 Å². The summed E-state index contributed by atoms with van der Waals surface area (Å²) in [5.41, 5.74) is 5.25. The monoisotopic (exact) mass is 219 g/mol. The van der Waals surface area contributed by atoms with Crippen LogP contribution in [0.25, 0.3) is 0 Å². The molecular formula is C11H14F2N2. The smallest absolute Gasteiger partial charge is 0.153 e. The van der Waals surface area contributed by atoms with Crippen LogP contribution in [0, 0.1) is 0 Å². The molecule has 1 aliphatic heterocycles. The van der Waals surface area contributed by atoms with Crippen molar-refractivity contribution in [3.8, 4) is 0 Å². The number of anilines is 1. The maximum Gasteiger partial charge on any atom is 0.153 e. The first kappa shape index (κ1) is 4.78. The summed E-state index contributed by atoms with van der Waals surface area (Å²) >= 11 is 0. The van der Waals surface area contributed by atoms with E-state index in [0.29, 0.717) is 0 Å². The second kappa shape index (κ2) is 4.14. The van der Waals surface area contributed by atoms with E-state index >= 15 is 0 Å². The lowest BCUT2D eigenvalue weighted by Crippen LogP contribution is -2.39. The van der Waals surface area contributed by atoms with Gasteiger partial charge in [-0.1, -0.05) is 12.1 Å². The standard InChI is InChI=1S/C11H14F2N2/c12-10-5-8(6-11(13)15-10)7-1-3-9(14)4-2-7/h1-4,8,10-11,15H,5-6,14H2/i5D2,6D2,8D,10D,11D. The summed E-state index contributed by atoms with van der Waals surface area (Å²) in [6.07, 6.45) is -14.8. The number of piperidine rings is 1. The quantitative estimate of drug-likeness (QED) is 0.562. The molecule has 1 saturated heterocycles. The molecule has 2 atom stereocenters. The number of hydrogen-bond acceptors (Lipinski definition) is 2. The van der Waals surface area contributed by atoms with Gasteiger partial charge in [0, 0.05) is 12.5 Å². The number of nitrogen functional groups attached to an aromatic ring is 1. The van der Waals surface area contributed by atoms with Crippen molar-refractivity contribution < 1.29 is 18.4 Å². The Labute approximate surface area is 97.3 Å². The molecule has 1 aliphatic rings. The maximum atomic E-state index is 14.3. The Balaban J connectivity index is 2.78. The predicted molar refractivity (Wildman–Crippen MR) is 55.8 cm³/mol. The Hall–Kier alpha value is -1.16. The van der Waals surface area contributed by atoms with E-state index in [1.54, 1.807) is 0 Å². The summed E-state index contributed by atoms with van der Waals surface area (Å²) in [6.45, 7) is 0. The van der Waals surface area contributed by atoms with Gasteiger partial charge in [0.15, 0.2) is 12.5 Å². The third-order valence-corrected chi connectivity index (χ3v) is 1.89. The van der Waals surface area contributed by atoms with Crippen LogP contribution in [0.4, 0.5) is 14.5 Å². The minimum atomic E-state index is -3.89. The zero-order chi connectivity index (χ0) is 17.2. The molecule has 1 aromatic rings. The number of benzene rings is 1. The minimum Gasteiger partial charge on any atom is -0.399 e. The first-order valence-corrected chi connectivity index (χ1v) is 4.24. The zero-order valence-corrected chi connectivity index (χ0v) is 7.64. The lowest BCUT2D eigenvalue weighted by atomic mass is 9.89. The van der Waals surface area contributed by atoms with Crippen LogP contribution in [0.5, 0.6) is 0 Å². The average molecular weight is 219 g/mol. The van der Waals surface area contributed by atoms with Crippen molar-refractivity contribution >= 4 is 5.69 Å². The Morgan fingerprint density at radius 1 is 1.27 bits per heavy atom. The SMILES string of the molecule is [2H]C1(F)NC([2H])(F)C([2H])([2H])C([2H])(c2ccc(N)cc2)C1([2H])[2H]. The van der Waals surface area contributed by atoms with Gasteiger partial charge in [0.05, 0.1) is 2.74 Å². The van der Waals surface area contributed by atoms with E-state index in [4.69, 9.17) is 15.3 Å². The highest BCUT2D eigenvalue weighted by atomic mass is 19.2. The van der Waals surface area contributed by atoms with Crippen molar-refractivity contribution in [3.63, 3.8) is 0 Å². The third-order valence-electron chi connectivity index (χ3n) is 1.89. The second-order valence-electron chi connectivity index (χ2n) is 3.00. The van der Waals surface area contributed by atoms with Gasteiger partial charge in [0.1, 0.15) is 0 Å². The molecule has 0 bridgehead atoms. The largest absolute Gasteiger partial charge is 0.399 e. The van der Waals surface area contributed by atoms with Gasteiger partial charge in [-0.15, -0.1) is 0 Å². The molecule has 2 unspecified atom stereocenters. The molecule has 15 heavy (non-hydrogen) atoms. The summed E-state index contributed by atoms with van der Waals surface area (Å²) < 4.78 is 82.2. The number of halogens is 2. The predicted octanol–water partition coefficient (Wildman–Crippen LogP) is 2.33. The van der Waals surface area contributed by atoms with Gasteiger partial charge in [0.2, 0.25) is 0 Å². The zero-order valence-electron chi connectivity index (χ0n) is 14.6. The van der Waals surface area contributed by atoms with Crippen molar-refractivity contribution in [1.82, 2.24) is 5.32 Å². The number of nitrogens with two attached hydrogens (primary N) is 1. The van der Waals surface area contributed by atoms with Crippen LogP contribution < -0.4 is 11.1 Å². The highest BCUT2D eigenvalue weighted by molar-refractivity contribution is 5.40. The Bertz CT molecular complexity index is 563. The van der Waals surface area contributed by atoms with Crippen LogP contribution >= 0.6 is 0 Å². The molecule has 0 aromatic heterocycles. The van der Waals surface area contributed by atoms with Gasteiger partial charge in [0.25, 0.3) is 0 Å². The molecule has 0 saturated carbocycles. The van der Waals surface area contributed by atoms with Gasteiger partial charge < -0.3 is 5.73 Å². The third kappa shape index (κ3) is 2.45. The van der Waals surface area contributed by atoms with Crippen molar-refractivity contribution in [2.45, 2.75) is 31.2 Å². The molecule has 0 amide bonds. The molecule has 3 N–H and O–H groups in total. The summed E-state index contributed by atoms with van der Waals surface area (Å²) in [5.74, 6) is -3.20. The Morgan fingerprint density at radius 2 is 1.80 bits per heavy atom. The molecule has 82 valence electrons. The van der Waals surface area contributed by atoms with Crippen molar-refractivity contribution in [2.75, 3.05) is 5.73 Å². The van der Waals surface area contributed by atoms with Crippen LogP contribution in [0.2, 0.25) is 0 Å². The number of rotatable bonds is 1. The highest BCUT2D eigenvalue weighted by Crippen LogP contribution is 2.31. The second-order valence-corrected chi connectivity index (χ2v) is 3.00. The molecule has 1 fully saturated rings. The number of nitrogens with one attached hydrogen (secondary N) is 1. The normalized spacial score (nSPS) is 59.7.